The Kier molecular flexibility index (Phi) is 2.72. The van der Waals surface area contributed by atoms with Crippen LogP contribution in [0.4, 0.5) is 0 Å². The van der Waals surface area contributed by atoms with Gasteiger partial charge >= 0.3 is 0 Å². The molecule has 2 nitrogen and oxygen atoms in total. The molecule has 57 valence electrons. The van der Waals surface area contributed by atoms with Gasteiger partial charge in [-0.2, -0.15) is 0 Å². The summed E-state index contributed by atoms with van der Waals surface area (Å²) in [6.45, 7) is 0. The zero-order chi connectivity index (χ0) is 7.40. The lowest BCUT2D eigenvalue weighted by molar-refractivity contribution is -0.116. The van der Waals surface area contributed by atoms with Crippen LogP contribution in [0.15, 0.2) is 0 Å². The zero-order valence-corrected chi connectivity index (χ0v) is 6.23. The Labute approximate surface area is 61.8 Å². The van der Waals surface area contributed by atoms with Crippen molar-refractivity contribution in [1.82, 2.24) is 0 Å². The summed E-state index contributed by atoms with van der Waals surface area (Å²) in [7, 11) is 0. The summed E-state index contributed by atoms with van der Waals surface area (Å²) < 4.78 is 0. The molecule has 0 spiro atoms. The summed E-state index contributed by atoms with van der Waals surface area (Å²) in [5, 5.41) is 0. The molecule has 0 unspecified atom stereocenters. The third-order valence-electron chi connectivity index (χ3n) is 2.06. The summed E-state index contributed by atoms with van der Waals surface area (Å²) in [5.74, 6) is 0.777. The topological polar surface area (TPSA) is 43.1 Å². The molecule has 0 aromatic rings. The molecule has 1 rings (SSSR count). The van der Waals surface area contributed by atoms with Gasteiger partial charge in [-0.15, -0.1) is 0 Å². The van der Waals surface area contributed by atoms with E-state index in [-0.39, 0.29) is 5.91 Å². The average Bonchev–Trinajstić information content (AvgIpc) is 2.12. The lowest BCUT2D eigenvalue weighted by Crippen LogP contribution is -2.20. The number of hydrogen-bond acceptors (Lipinski definition) is 1. The van der Waals surface area contributed by atoms with Gasteiger partial charge in [0.1, 0.15) is 0 Å². The lowest BCUT2D eigenvalue weighted by atomic mass is 10.0. The lowest BCUT2D eigenvalue weighted by Gasteiger charge is -2.05. The molecular weight excluding hydrogens is 126 g/mol. The molecule has 0 aromatic heterocycles. The third-order valence-corrected chi connectivity index (χ3v) is 2.06. The van der Waals surface area contributed by atoms with Crippen LogP contribution in [-0.4, -0.2) is 5.91 Å². The van der Waals surface area contributed by atoms with E-state index in [0.29, 0.717) is 0 Å². The minimum Gasteiger partial charge on any atom is -0.369 e. The normalized spacial score (nSPS) is 22.0. The quantitative estimate of drug-likeness (QED) is 0.550. The van der Waals surface area contributed by atoms with Crippen LogP contribution in [-0.2, 0) is 4.79 Å². The fourth-order valence-electron chi connectivity index (χ4n) is 1.40. The predicted octanol–water partition coefficient (Wildman–Crippen LogP) is 1.40. The first-order valence-electron chi connectivity index (χ1n) is 3.95. The number of carbonyl (C=O) groups excluding carboxylic acids is 1. The Bertz CT molecular complexity index is 114. The maximum Gasteiger partial charge on any atom is 0.224 e. The molecule has 1 aliphatic carbocycles. The van der Waals surface area contributed by atoms with Crippen LogP contribution in [0.5, 0.6) is 0 Å². The second-order valence-electron chi connectivity index (χ2n) is 2.88. The van der Waals surface area contributed by atoms with Crippen LogP contribution in [0.25, 0.3) is 0 Å². The molecule has 1 amide bonds. The van der Waals surface area contributed by atoms with Crippen LogP contribution >= 0.6 is 0 Å². The SMILES string of the molecule is NC(=O)[C]1CCCCCC1. The van der Waals surface area contributed by atoms with E-state index in [9.17, 15) is 4.79 Å². The third kappa shape index (κ3) is 2.01. The Morgan fingerprint density at radius 1 is 1.10 bits per heavy atom. The number of carbonyl (C=O) groups is 1. The minimum atomic E-state index is -0.179. The molecule has 10 heavy (non-hydrogen) atoms. The minimum absolute atomic E-state index is 0.179. The van der Waals surface area contributed by atoms with Crippen molar-refractivity contribution in [3.05, 3.63) is 5.92 Å². The number of rotatable bonds is 1. The largest absolute Gasteiger partial charge is 0.369 e. The maximum absolute atomic E-state index is 10.7. The van der Waals surface area contributed by atoms with E-state index in [1.165, 1.54) is 12.8 Å². The molecule has 0 aliphatic heterocycles. The second kappa shape index (κ2) is 3.59. The highest BCUT2D eigenvalue weighted by molar-refractivity contribution is 5.88. The van der Waals surface area contributed by atoms with Gasteiger partial charge in [-0.25, -0.2) is 0 Å². The first-order chi connectivity index (χ1) is 4.80. The van der Waals surface area contributed by atoms with Crippen LogP contribution in [0.3, 0.4) is 0 Å². The van der Waals surface area contributed by atoms with Crippen LogP contribution < -0.4 is 5.73 Å². The van der Waals surface area contributed by atoms with Crippen molar-refractivity contribution in [2.45, 2.75) is 38.5 Å². The monoisotopic (exact) mass is 140 g/mol. The Hall–Kier alpha value is -0.530. The van der Waals surface area contributed by atoms with E-state index in [4.69, 9.17) is 5.73 Å². The fourth-order valence-corrected chi connectivity index (χ4v) is 1.40. The van der Waals surface area contributed by atoms with E-state index >= 15 is 0 Å². The first kappa shape index (κ1) is 7.58. The molecule has 0 bridgehead atoms. The Morgan fingerprint density at radius 3 is 2.00 bits per heavy atom. The van der Waals surface area contributed by atoms with Crippen molar-refractivity contribution in [2.75, 3.05) is 0 Å². The van der Waals surface area contributed by atoms with E-state index in [0.717, 1.165) is 31.6 Å². The summed E-state index contributed by atoms with van der Waals surface area (Å²) in [6, 6.07) is 0. The van der Waals surface area contributed by atoms with Crippen LogP contribution in [0, 0.1) is 5.92 Å². The molecule has 1 saturated carbocycles. The van der Waals surface area contributed by atoms with Crippen LogP contribution in [0.2, 0.25) is 0 Å². The zero-order valence-electron chi connectivity index (χ0n) is 6.23. The van der Waals surface area contributed by atoms with E-state index in [2.05, 4.69) is 0 Å². The van der Waals surface area contributed by atoms with E-state index in [1.54, 1.807) is 0 Å². The Balaban J connectivity index is 2.35. The average molecular weight is 140 g/mol. The number of nitrogens with two attached hydrogens (primary N) is 1. The number of amides is 1. The van der Waals surface area contributed by atoms with Crippen molar-refractivity contribution in [3.63, 3.8) is 0 Å². The molecule has 0 saturated heterocycles. The van der Waals surface area contributed by atoms with Gasteiger partial charge in [-0.1, -0.05) is 25.7 Å². The molecule has 1 radical (unpaired) electrons. The molecule has 2 heteroatoms. The van der Waals surface area contributed by atoms with Crippen molar-refractivity contribution in [3.8, 4) is 0 Å². The van der Waals surface area contributed by atoms with Crippen molar-refractivity contribution in [2.24, 2.45) is 5.73 Å². The van der Waals surface area contributed by atoms with Crippen LogP contribution in [0.1, 0.15) is 38.5 Å². The van der Waals surface area contributed by atoms with Crippen molar-refractivity contribution < 1.29 is 4.79 Å². The highest BCUT2D eigenvalue weighted by Gasteiger charge is 2.17. The highest BCUT2D eigenvalue weighted by Crippen LogP contribution is 2.23. The molecule has 1 fully saturated rings. The number of primary amides is 1. The van der Waals surface area contributed by atoms with E-state index in [1.807, 2.05) is 0 Å². The van der Waals surface area contributed by atoms with Crippen molar-refractivity contribution in [1.29, 1.82) is 0 Å². The predicted molar refractivity (Wildman–Crippen MR) is 40.1 cm³/mol. The standard InChI is InChI=1S/C8H14NO/c9-8(10)7-5-3-1-2-4-6-7/h1-6H2,(H2,9,10). The summed E-state index contributed by atoms with van der Waals surface area (Å²) in [4.78, 5) is 10.7. The molecule has 0 atom stereocenters. The second-order valence-corrected chi connectivity index (χ2v) is 2.88. The van der Waals surface area contributed by atoms with Gasteiger partial charge < -0.3 is 5.73 Å². The molecular formula is C8H14NO. The summed E-state index contributed by atoms with van der Waals surface area (Å²) >= 11 is 0. The highest BCUT2D eigenvalue weighted by atomic mass is 16.1. The van der Waals surface area contributed by atoms with E-state index < -0.39 is 0 Å². The van der Waals surface area contributed by atoms with Gasteiger partial charge in [0.15, 0.2) is 0 Å². The van der Waals surface area contributed by atoms with Gasteiger partial charge in [0, 0.05) is 0 Å². The maximum atomic E-state index is 10.7. The van der Waals surface area contributed by atoms with Gasteiger partial charge in [0.05, 0.1) is 5.92 Å². The van der Waals surface area contributed by atoms with Gasteiger partial charge in [-0.05, 0) is 12.8 Å². The van der Waals surface area contributed by atoms with Gasteiger partial charge in [0.2, 0.25) is 5.91 Å². The molecule has 2 N–H and O–H groups in total. The smallest absolute Gasteiger partial charge is 0.224 e. The van der Waals surface area contributed by atoms with Gasteiger partial charge in [0.25, 0.3) is 0 Å². The van der Waals surface area contributed by atoms with Crippen molar-refractivity contribution >= 4 is 5.91 Å². The molecule has 1 aliphatic rings. The summed E-state index contributed by atoms with van der Waals surface area (Å²) in [6.07, 6.45) is 6.70. The fraction of sp³-hybridized carbons (Fsp3) is 0.750. The number of hydrogen-bond donors (Lipinski definition) is 1. The molecule has 0 aromatic carbocycles. The first-order valence-corrected chi connectivity index (χ1v) is 3.95. The summed E-state index contributed by atoms with van der Waals surface area (Å²) in [5.41, 5.74) is 5.16. The Morgan fingerprint density at radius 2 is 1.60 bits per heavy atom. The van der Waals surface area contributed by atoms with Gasteiger partial charge in [-0.3, -0.25) is 4.79 Å². The molecule has 0 heterocycles.